The quantitative estimate of drug-likeness (QED) is 0.690. The summed E-state index contributed by atoms with van der Waals surface area (Å²) in [6, 6.07) is 6.37. The lowest BCUT2D eigenvalue weighted by atomic mass is 10.0. The largest absolute Gasteiger partial charge is 0.120 e. The Hall–Kier alpha value is -0.740. The molecule has 0 spiro atoms. The minimum absolute atomic E-state index is 0.305. The second-order valence-electron chi connectivity index (χ2n) is 3.37. The van der Waals surface area contributed by atoms with Crippen molar-refractivity contribution in [2.75, 3.05) is 0 Å². The summed E-state index contributed by atoms with van der Waals surface area (Å²) in [6.07, 6.45) is 6.28. The first-order valence-corrected chi connectivity index (χ1v) is 5.14. The molecular formula is C12H13Br. The van der Waals surface area contributed by atoms with Crippen LogP contribution >= 0.6 is 15.9 Å². The van der Waals surface area contributed by atoms with Gasteiger partial charge in [0.05, 0.1) is 0 Å². The predicted molar refractivity (Wildman–Crippen MR) is 60.6 cm³/mol. The van der Waals surface area contributed by atoms with Crippen LogP contribution in [0.15, 0.2) is 22.7 Å². The van der Waals surface area contributed by atoms with Crippen LogP contribution in [0.5, 0.6) is 0 Å². The van der Waals surface area contributed by atoms with Gasteiger partial charge in [0.2, 0.25) is 0 Å². The maximum absolute atomic E-state index is 5.33. The van der Waals surface area contributed by atoms with Crippen molar-refractivity contribution in [1.29, 1.82) is 0 Å². The molecule has 0 aliphatic heterocycles. The van der Waals surface area contributed by atoms with Crippen LogP contribution in [0, 0.1) is 25.2 Å². The molecule has 1 atom stereocenters. The van der Waals surface area contributed by atoms with Crippen LogP contribution in [0.2, 0.25) is 0 Å². The van der Waals surface area contributed by atoms with E-state index >= 15 is 0 Å². The molecule has 0 heterocycles. The molecule has 1 aromatic carbocycles. The Morgan fingerprint density at radius 1 is 1.54 bits per heavy atom. The molecule has 13 heavy (non-hydrogen) atoms. The van der Waals surface area contributed by atoms with E-state index in [1.54, 1.807) is 0 Å². The maximum atomic E-state index is 5.33. The molecule has 1 rings (SSSR count). The van der Waals surface area contributed by atoms with E-state index in [2.05, 4.69) is 53.9 Å². The molecule has 0 radical (unpaired) electrons. The number of terminal acetylenes is 1. The normalized spacial score (nSPS) is 12.2. The van der Waals surface area contributed by atoms with Gasteiger partial charge in [-0.25, -0.2) is 0 Å². The Balaban J connectivity index is 2.85. The van der Waals surface area contributed by atoms with Crippen LogP contribution in [-0.2, 0) is 6.42 Å². The predicted octanol–water partition coefficient (Wildman–Crippen LogP) is 3.57. The summed E-state index contributed by atoms with van der Waals surface area (Å²) in [5.74, 6) is 3.04. The Morgan fingerprint density at radius 2 is 2.23 bits per heavy atom. The molecule has 0 amide bonds. The molecule has 0 nitrogen and oxygen atoms in total. The van der Waals surface area contributed by atoms with Crippen LogP contribution in [0.4, 0.5) is 0 Å². The summed E-state index contributed by atoms with van der Waals surface area (Å²) in [7, 11) is 0. The molecular weight excluding hydrogens is 224 g/mol. The van der Waals surface area contributed by atoms with Crippen molar-refractivity contribution in [3.63, 3.8) is 0 Å². The van der Waals surface area contributed by atoms with E-state index in [-0.39, 0.29) is 0 Å². The first kappa shape index (κ1) is 10.3. The van der Waals surface area contributed by atoms with Gasteiger partial charge in [-0.1, -0.05) is 35.0 Å². The Kier molecular flexibility index (Phi) is 3.57. The van der Waals surface area contributed by atoms with Gasteiger partial charge < -0.3 is 0 Å². The smallest absolute Gasteiger partial charge is 0.0212 e. The van der Waals surface area contributed by atoms with Crippen molar-refractivity contribution < 1.29 is 0 Å². The molecule has 0 saturated carbocycles. The minimum atomic E-state index is 0.305. The second kappa shape index (κ2) is 4.48. The fourth-order valence-electron chi connectivity index (χ4n) is 1.21. The second-order valence-corrected chi connectivity index (χ2v) is 4.22. The van der Waals surface area contributed by atoms with Crippen LogP contribution in [0.3, 0.4) is 0 Å². The molecule has 0 aliphatic rings. The summed E-state index contributed by atoms with van der Waals surface area (Å²) >= 11 is 3.54. The van der Waals surface area contributed by atoms with Crippen molar-refractivity contribution in [2.24, 2.45) is 5.92 Å². The van der Waals surface area contributed by atoms with Crippen molar-refractivity contribution >= 4 is 15.9 Å². The Labute approximate surface area is 88.5 Å². The summed E-state index contributed by atoms with van der Waals surface area (Å²) < 4.78 is 1.16. The first-order chi connectivity index (χ1) is 6.13. The zero-order valence-electron chi connectivity index (χ0n) is 7.97. The SMILES string of the molecule is C#CC(C)Cc1ccc(C)cc1Br. The first-order valence-electron chi connectivity index (χ1n) is 4.34. The number of hydrogen-bond acceptors (Lipinski definition) is 0. The lowest BCUT2D eigenvalue weighted by Gasteiger charge is -2.07. The fraction of sp³-hybridized carbons (Fsp3) is 0.333. The summed E-state index contributed by atoms with van der Waals surface area (Å²) in [4.78, 5) is 0. The van der Waals surface area contributed by atoms with Gasteiger partial charge >= 0.3 is 0 Å². The highest BCUT2D eigenvalue weighted by Gasteiger charge is 2.03. The van der Waals surface area contributed by atoms with Gasteiger partial charge in [-0.05, 0) is 30.5 Å². The van der Waals surface area contributed by atoms with Crippen molar-refractivity contribution in [2.45, 2.75) is 20.3 Å². The lowest BCUT2D eigenvalue weighted by molar-refractivity contribution is 0.748. The van der Waals surface area contributed by atoms with Crippen LogP contribution in [-0.4, -0.2) is 0 Å². The van der Waals surface area contributed by atoms with E-state index < -0.39 is 0 Å². The van der Waals surface area contributed by atoms with E-state index in [0.717, 1.165) is 10.9 Å². The molecule has 0 fully saturated rings. The van der Waals surface area contributed by atoms with Crippen molar-refractivity contribution in [1.82, 2.24) is 0 Å². The number of benzene rings is 1. The zero-order chi connectivity index (χ0) is 9.84. The number of rotatable bonds is 2. The maximum Gasteiger partial charge on any atom is 0.0212 e. The van der Waals surface area contributed by atoms with Crippen molar-refractivity contribution in [3.8, 4) is 12.3 Å². The van der Waals surface area contributed by atoms with E-state index in [1.807, 2.05) is 0 Å². The molecule has 0 bridgehead atoms. The topological polar surface area (TPSA) is 0 Å². The average Bonchev–Trinajstić information content (AvgIpc) is 2.09. The van der Waals surface area contributed by atoms with Gasteiger partial charge in [-0.15, -0.1) is 12.3 Å². The lowest BCUT2D eigenvalue weighted by Crippen LogP contribution is -1.97. The third-order valence-electron chi connectivity index (χ3n) is 2.02. The summed E-state index contributed by atoms with van der Waals surface area (Å²) in [6.45, 7) is 4.14. The minimum Gasteiger partial charge on any atom is -0.120 e. The Bertz CT molecular complexity index is 333. The highest BCUT2D eigenvalue weighted by molar-refractivity contribution is 9.10. The van der Waals surface area contributed by atoms with Gasteiger partial charge in [0, 0.05) is 10.4 Å². The van der Waals surface area contributed by atoms with Gasteiger partial charge in [-0.2, -0.15) is 0 Å². The number of aryl methyl sites for hydroxylation is 1. The van der Waals surface area contributed by atoms with Crippen LogP contribution in [0.25, 0.3) is 0 Å². The molecule has 0 N–H and O–H groups in total. The standard InChI is InChI=1S/C12H13Br/c1-4-9(2)7-11-6-5-10(3)8-12(11)13/h1,5-6,8-9H,7H2,2-3H3. The van der Waals surface area contributed by atoms with Gasteiger partial charge in [0.1, 0.15) is 0 Å². The Morgan fingerprint density at radius 3 is 2.77 bits per heavy atom. The van der Waals surface area contributed by atoms with Gasteiger partial charge in [0.25, 0.3) is 0 Å². The molecule has 0 aromatic heterocycles. The highest BCUT2D eigenvalue weighted by Crippen LogP contribution is 2.20. The molecule has 1 unspecified atom stereocenters. The van der Waals surface area contributed by atoms with Gasteiger partial charge in [-0.3, -0.25) is 0 Å². The molecule has 1 aromatic rings. The molecule has 1 heteroatoms. The third-order valence-corrected chi connectivity index (χ3v) is 2.76. The van der Waals surface area contributed by atoms with Crippen LogP contribution in [0.1, 0.15) is 18.1 Å². The van der Waals surface area contributed by atoms with E-state index in [9.17, 15) is 0 Å². The molecule has 68 valence electrons. The van der Waals surface area contributed by atoms with Gasteiger partial charge in [0.15, 0.2) is 0 Å². The summed E-state index contributed by atoms with van der Waals surface area (Å²) in [5, 5.41) is 0. The number of hydrogen-bond donors (Lipinski definition) is 0. The summed E-state index contributed by atoms with van der Waals surface area (Å²) in [5.41, 5.74) is 2.56. The number of halogens is 1. The molecule has 0 aliphatic carbocycles. The van der Waals surface area contributed by atoms with Crippen molar-refractivity contribution in [3.05, 3.63) is 33.8 Å². The highest BCUT2D eigenvalue weighted by atomic mass is 79.9. The third kappa shape index (κ3) is 2.90. The zero-order valence-corrected chi connectivity index (χ0v) is 9.56. The average molecular weight is 237 g/mol. The van der Waals surface area contributed by atoms with E-state index in [1.165, 1.54) is 11.1 Å². The van der Waals surface area contributed by atoms with Crippen LogP contribution < -0.4 is 0 Å². The van der Waals surface area contributed by atoms with E-state index in [4.69, 9.17) is 6.42 Å². The monoisotopic (exact) mass is 236 g/mol. The fourth-order valence-corrected chi connectivity index (χ4v) is 1.86. The molecule has 0 saturated heterocycles. The van der Waals surface area contributed by atoms with E-state index in [0.29, 0.717) is 5.92 Å².